The molecule has 3 nitrogen and oxygen atoms in total. The molecule has 3 heteroatoms. The predicted octanol–water partition coefficient (Wildman–Crippen LogP) is 3.13. The molecule has 2 rings (SSSR count). The first-order chi connectivity index (χ1) is 10.1. The second-order valence-electron chi connectivity index (χ2n) is 5.21. The van der Waals surface area contributed by atoms with E-state index in [0.29, 0.717) is 0 Å². The number of hydrogen-bond donors (Lipinski definition) is 2. The van der Waals surface area contributed by atoms with E-state index in [2.05, 4.69) is 36.5 Å². The van der Waals surface area contributed by atoms with Gasteiger partial charge in [0.25, 0.3) is 0 Å². The second kappa shape index (κ2) is 7.04. The van der Waals surface area contributed by atoms with Crippen molar-refractivity contribution >= 4 is 5.91 Å². The Morgan fingerprint density at radius 1 is 1.05 bits per heavy atom. The summed E-state index contributed by atoms with van der Waals surface area (Å²) in [5.41, 5.74) is 9.20. The highest BCUT2D eigenvalue weighted by atomic mass is 16.2. The van der Waals surface area contributed by atoms with Gasteiger partial charge in [0.05, 0.1) is 6.04 Å². The predicted molar refractivity (Wildman–Crippen MR) is 85.7 cm³/mol. The van der Waals surface area contributed by atoms with E-state index in [1.807, 2.05) is 37.3 Å². The third-order valence-corrected chi connectivity index (χ3v) is 3.69. The zero-order valence-electron chi connectivity index (χ0n) is 12.5. The van der Waals surface area contributed by atoms with Crippen LogP contribution in [0.15, 0.2) is 54.6 Å². The van der Waals surface area contributed by atoms with Crippen LogP contribution in [0.25, 0.3) is 0 Å². The summed E-state index contributed by atoms with van der Waals surface area (Å²) in [6.45, 7) is 4.09. The van der Waals surface area contributed by atoms with E-state index in [1.165, 1.54) is 5.56 Å². The van der Waals surface area contributed by atoms with Crippen LogP contribution in [0.2, 0.25) is 0 Å². The fourth-order valence-electron chi connectivity index (χ4n) is 2.24. The molecule has 2 aromatic rings. The van der Waals surface area contributed by atoms with Gasteiger partial charge in [-0.25, -0.2) is 0 Å². The van der Waals surface area contributed by atoms with Crippen LogP contribution in [0.5, 0.6) is 0 Å². The molecule has 110 valence electrons. The average Bonchev–Trinajstić information content (AvgIpc) is 2.55. The Hall–Kier alpha value is -2.13. The maximum atomic E-state index is 12.2. The normalized spacial score (nSPS) is 13.5. The molecule has 0 aromatic heterocycles. The maximum Gasteiger partial charge on any atom is 0.241 e. The first-order valence-electron chi connectivity index (χ1n) is 7.31. The standard InChI is InChI=1S/C18H22N2O/c1-3-14-9-11-15(12-10-14)13(2)20-18(21)17(19)16-7-5-4-6-8-16/h4-13,17H,3,19H2,1-2H3,(H,20,21). The summed E-state index contributed by atoms with van der Waals surface area (Å²) < 4.78 is 0. The molecule has 0 aliphatic heterocycles. The van der Waals surface area contributed by atoms with Crippen LogP contribution in [0, 0.1) is 0 Å². The van der Waals surface area contributed by atoms with Gasteiger partial charge in [-0.05, 0) is 30.0 Å². The van der Waals surface area contributed by atoms with E-state index in [0.717, 1.165) is 17.5 Å². The summed E-state index contributed by atoms with van der Waals surface area (Å²) in [6.07, 6.45) is 1.01. The van der Waals surface area contributed by atoms with Gasteiger partial charge in [0.15, 0.2) is 0 Å². The Bertz CT molecular complexity index is 578. The molecule has 0 radical (unpaired) electrons. The monoisotopic (exact) mass is 282 g/mol. The zero-order chi connectivity index (χ0) is 15.2. The van der Waals surface area contributed by atoms with E-state index in [1.54, 1.807) is 0 Å². The van der Waals surface area contributed by atoms with Crippen molar-refractivity contribution in [3.05, 3.63) is 71.3 Å². The summed E-state index contributed by atoms with van der Waals surface area (Å²) in [4.78, 5) is 12.2. The van der Waals surface area contributed by atoms with Crippen LogP contribution in [0.1, 0.15) is 42.6 Å². The minimum Gasteiger partial charge on any atom is -0.348 e. The highest BCUT2D eigenvalue weighted by Crippen LogP contribution is 2.16. The van der Waals surface area contributed by atoms with Crippen molar-refractivity contribution in [3.63, 3.8) is 0 Å². The number of nitrogens with two attached hydrogens (primary N) is 1. The quantitative estimate of drug-likeness (QED) is 0.885. The third kappa shape index (κ3) is 3.92. The summed E-state index contributed by atoms with van der Waals surface area (Å²) in [5, 5.41) is 2.97. The molecule has 1 amide bonds. The molecule has 0 aliphatic rings. The van der Waals surface area contributed by atoms with Crippen molar-refractivity contribution in [1.29, 1.82) is 0 Å². The molecular formula is C18H22N2O. The smallest absolute Gasteiger partial charge is 0.241 e. The highest BCUT2D eigenvalue weighted by molar-refractivity contribution is 5.83. The van der Waals surface area contributed by atoms with Crippen molar-refractivity contribution in [2.45, 2.75) is 32.4 Å². The Morgan fingerprint density at radius 3 is 2.24 bits per heavy atom. The van der Waals surface area contributed by atoms with Crippen molar-refractivity contribution in [2.24, 2.45) is 5.73 Å². The Balaban J connectivity index is 2.01. The Morgan fingerprint density at radius 2 is 1.67 bits per heavy atom. The van der Waals surface area contributed by atoms with Gasteiger partial charge in [0.1, 0.15) is 6.04 Å². The van der Waals surface area contributed by atoms with Crippen LogP contribution in [-0.4, -0.2) is 5.91 Å². The molecule has 0 bridgehead atoms. The van der Waals surface area contributed by atoms with Gasteiger partial charge in [-0.15, -0.1) is 0 Å². The molecule has 2 atom stereocenters. The molecule has 2 unspecified atom stereocenters. The molecule has 0 spiro atoms. The van der Waals surface area contributed by atoms with Gasteiger partial charge < -0.3 is 11.1 Å². The number of amides is 1. The lowest BCUT2D eigenvalue weighted by Crippen LogP contribution is -2.35. The molecule has 2 aromatic carbocycles. The first-order valence-corrected chi connectivity index (χ1v) is 7.31. The van der Waals surface area contributed by atoms with Crippen LogP contribution < -0.4 is 11.1 Å². The summed E-state index contributed by atoms with van der Waals surface area (Å²) in [7, 11) is 0. The lowest BCUT2D eigenvalue weighted by atomic mass is 10.0. The van der Waals surface area contributed by atoms with Gasteiger partial charge in [0.2, 0.25) is 5.91 Å². The van der Waals surface area contributed by atoms with E-state index in [9.17, 15) is 4.79 Å². The van der Waals surface area contributed by atoms with Gasteiger partial charge in [-0.1, -0.05) is 61.5 Å². The largest absolute Gasteiger partial charge is 0.348 e. The molecule has 3 N–H and O–H groups in total. The third-order valence-electron chi connectivity index (χ3n) is 3.69. The number of hydrogen-bond acceptors (Lipinski definition) is 2. The van der Waals surface area contributed by atoms with Gasteiger partial charge in [0, 0.05) is 0 Å². The number of aryl methyl sites for hydroxylation is 1. The molecule has 21 heavy (non-hydrogen) atoms. The number of carbonyl (C=O) groups is 1. The molecule has 0 fully saturated rings. The Labute approximate surface area is 126 Å². The molecule has 0 heterocycles. The van der Waals surface area contributed by atoms with Crippen LogP contribution in [0.4, 0.5) is 0 Å². The number of benzene rings is 2. The Kier molecular flexibility index (Phi) is 5.12. The number of rotatable bonds is 5. The maximum absolute atomic E-state index is 12.2. The minimum atomic E-state index is -0.636. The number of nitrogens with one attached hydrogen (secondary N) is 1. The summed E-state index contributed by atoms with van der Waals surface area (Å²) >= 11 is 0. The van der Waals surface area contributed by atoms with Gasteiger partial charge >= 0.3 is 0 Å². The lowest BCUT2D eigenvalue weighted by Gasteiger charge is -2.18. The van der Waals surface area contributed by atoms with Crippen molar-refractivity contribution in [1.82, 2.24) is 5.32 Å². The second-order valence-corrected chi connectivity index (χ2v) is 5.21. The van der Waals surface area contributed by atoms with E-state index >= 15 is 0 Å². The summed E-state index contributed by atoms with van der Waals surface area (Å²) in [6, 6.07) is 17.0. The van der Waals surface area contributed by atoms with Gasteiger partial charge in [-0.2, -0.15) is 0 Å². The zero-order valence-corrected chi connectivity index (χ0v) is 12.5. The van der Waals surface area contributed by atoms with E-state index in [4.69, 9.17) is 5.73 Å². The van der Waals surface area contributed by atoms with E-state index < -0.39 is 6.04 Å². The van der Waals surface area contributed by atoms with Crippen molar-refractivity contribution in [3.8, 4) is 0 Å². The van der Waals surface area contributed by atoms with Crippen LogP contribution in [-0.2, 0) is 11.2 Å². The molecule has 0 aliphatic carbocycles. The summed E-state index contributed by atoms with van der Waals surface area (Å²) in [5.74, 6) is -0.159. The first kappa shape index (κ1) is 15.3. The topological polar surface area (TPSA) is 55.1 Å². The van der Waals surface area contributed by atoms with Crippen LogP contribution in [0.3, 0.4) is 0 Å². The molecule has 0 saturated heterocycles. The highest BCUT2D eigenvalue weighted by Gasteiger charge is 2.17. The molecule has 0 saturated carbocycles. The van der Waals surface area contributed by atoms with Crippen molar-refractivity contribution < 1.29 is 4.79 Å². The van der Waals surface area contributed by atoms with E-state index in [-0.39, 0.29) is 11.9 Å². The van der Waals surface area contributed by atoms with Crippen LogP contribution >= 0.6 is 0 Å². The average molecular weight is 282 g/mol. The SMILES string of the molecule is CCc1ccc(C(C)NC(=O)C(N)c2ccccc2)cc1. The fraction of sp³-hybridized carbons (Fsp3) is 0.278. The lowest BCUT2D eigenvalue weighted by molar-refractivity contribution is -0.123. The fourth-order valence-corrected chi connectivity index (χ4v) is 2.24. The molecular weight excluding hydrogens is 260 g/mol. The number of carbonyl (C=O) groups excluding carboxylic acids is 1. The van der Waals surface area contributed by atoms with Crippen molar-refractivity contribution in [2.75, 3.05) is 0 Å². The van der Waals surface area contributed by atoms with Gasteiger partial charge in [-0.3, -0.25) is 4.79 Å². The minimum absolute atomic E-state index is 0.0573.